The lowest BCUT2D eigenvalue weighted by molar-refractivity contribution is 0.517. The zero-order chi connectivity index (χ0) is 13.2. The van der Waals surface area contributed by atoms with E-state index in [1.807, 2.05) is 31.3 Å². The van der Waals surface area contributed by atoms with E-state index >= 15 is 0 Å². The van der Waals surface area contributed by atoms with Gasteiger partial charge < -0.3 is 9.73 Å². The maximum Gasteiger partial charge on any atom is 0.420 e. The van der Waals surface area contributed by atoms with E-state index in [0.717, 1.165) is 16.8 Å². The van der Waals surface area contributed by atoms with Gasteiger partial charge in [0, 0.05) is 19.4 Å². The van der Waals surface area contributed by atoms with Crippen molar-refractivity contribution in [3.8, 4) is 0 Å². The summed E-state index contributed by atoms with van der Waals surface area (Å²) in [7, 11) is 1.82. The van der Waals surface area contributed by atoms with E-state index in [0.29, 0.717) is 12.1 Å². The van der Waals surface area contributed by atoms with Crippen molar-refractivity contribution in [2.24, 2.45) is 0 Å². The summed E-state index contributed by atoms with van der Waals surface area (Å²) >= 11 is 0. The molecule has 5 nitrogen and oxygen atoms in total. The quantitative estimate of drug-likeness (QED) is 0.778. The van der Waals surface area contributed by atoms with Crippen molar-refractivity contribution in [1.82, 2.24) is 9.55 Å². The number of hydrogen-bond donors (Lipinski definition) is 1. The topological polar surface area (TPSA) is 60.1 Å². The number of benzene rings is 1. The maximum atomic E-state index is 12.0. The Balaban J connectivity index is 2.18. The Labute approximate surface area is 109 Å². The van der Waals surface area contributed by atoms with Crippen LogP contribution in [-0.2, 0) is 6.54 Å². The lowest BCUT2D eigenvalue weighted by Crippen LogP contribution is -2.15. The van der Waals surface area contributed by atoms with E-state index in [1.54, 1.807) is 23.0 Å². The number of fused-ring (bicyclic) bond motifs is 1. The van der Waals surface area contributed by atoms with E-state index in [-0.39, 0.29) is 5.76 Å². The van der Waals surface area contributed by atoms with Crippen LogP contribution >= 0.6 is 0 Å². The highest BCUT2D eigenvalue weighted by atomic mass is 16.4. The molecule has 96 valence electrons. The van der Waals surface area contributed by atoms with Crippen LogP contribution in [0.4, 0.5) is 5.69 Å². The minimum atomic E-state index is -0.360. The number of para-hydroxylation sites is 1. The summed E-state index contributed by atoms with van der Waals surface area (Å²) in [5, 5.41) is 3.07. The molecule has 1 aromatic carbocycles. The molecule has 0 unspecified atom stereocenters. The summed E-state index contributed by atoms with van der Waals surface area (Å²) < 4.78 is 6.87. The van der Waals surface area contributed by atoms with Crippen LogP contribution in [0.3, 0.4) is 0 Å². The lowest BCUT2D eigenvalue weighted by Gasteiger charge is -2.06. The van der Waals surface area contributed by atoms with Crippen LogP contribution in [0.15, 0.2) is 51.9 Å². The fraction of sp³-hybridized carbons (Fsp3) is 0.143. The highest BCUT2D eigenvalue weighted by Gasteiger charge is 2.12. The first-order valence-corrected chi connectivity index (χ1v) is 5.98. The Morgan fingerprint density at radius 1 is 1.32 bits per heavy atom. The standard InChI is InChI=1S/C14H13N3O2/c1-15-11-5-2-6-12-13(11)17(14(18)19-12)9-10-4-3-7-16-8-10/h2-8,15H,9H2,1H3. The van der Waals surface area contributed by atoms with Gasteiger partial charge in [0.05, 0.1) is 12.2 Å². The molecule has 0 spiro atoms. The molecule has 0 saturated heterocycles. The van der Waals surface area contributed by atoms with Crippen molar-refractivity contribution in [3.63, 3.8) is 0 Å². The average molecular weight is 255 g/mol. The van der Waals surface area contributed by atoms with Gasteiger partial charge in [-0.25, -0.2) is 4.79 Å². The first-order chi connectivity index (χ1) is 9.29. The Morgan fingerprint density at radius 3 is 2.95 bits per heavy atom. The van der Waals surface area contributed by atoms with Gasteiger partial charge in [-0.2, -0.15) is 0 Å². The summed E-state index contributed by atoms with van der Waals surface area (Å²) in [6.45, 7) is 0.443. The largest absolute Gasteiger partial charge is 0.420 e. The van der Waals surface area contributed by atoms with Crippen LogP contribution in [-0.4, -0.2) is 16.6 Å². The highest BCUT2D eigenvalue weighted by Crippen LogP contribution is 2.22. The van der Waals surface area contributed by atoms with Crippen LogP contribution < -0.4 is 11.1 Å². The predicted octanol–water partition coefficient (Wildman–Crippen LogP) is 2.08. The molecule has 0 fully saturated rings. The number of nitrogens with zero attached hydrogens (tertiary/aromatic N) is 2. The molecule has 3 rings (SSSR count). The number of anilines is 1. The Bertz CT molecular complexity index is 759. The molecule has 0 saturated carbocycles. The SMILES string of the molecule is CNc1cccc2oc(=O)n(Cc3cccnc3)c12. The predicted molar refractivity (Wildman–Crippen MR) is 73.4 cm³/mol. The van der Waals surface area contributed by atoms with Gasteiger partial charge in [0.25, 0.3) is 0 Å². The molecule has 3 aromatic rings. The van der Waals surface area contributed by atoms with Gasteiger partial charge in [-0.3, -0.25) is 9.55 Å². The fourth-order valence-electron chi connectivity index (χ4n) is 2.14. The third-order valence-corrected chi connectivity index (χ3v) is 3.02. The molecule has 1 N–H and O–H groups in total. The first-order valence-electron chi connectivity index (χ1n) is 5.98. The van der Waals surface area contributed by atoms with Crippen LogP contribution in [0.2, 0.25) is 0 Å². The van der Waals surface area contributed by atoms with Gasteiger partial charge in [0.1, 0.15) is 5.52 Å². The molecular formula is C14H13N3O2. The normalized spacial score (nSPS) is 10.8. The lowest BCUT2D eigenvalue weighted by atomic mass is 10.2. The van der Waals surface area contributed by atoms with Crippen molar-refractivity contribution in [2.45, 2.75) is 6.54 Å². The number of rotatable bonds is 3. The molecule has 5 heteroatoms. The highest BCUT2D eigenvalue weighted by molar-refractivity contribution is 5.87. The molecular weight excluding hydrogens is 242 g/mol. The molecule has 0 amide bonds. The van der Waals surface area contributed by atoms with Crippen molar-refractivity contribution >= 4 is 16.8 Å². The van der Waals surface area contributed by atoms with Gasteiger partial charge in [-0.1, -0.05) is 12.1 Å². The minimum absolute atomic E-state index is 0.360. The summed E-state index contributed by atoms with van der Waals surface area (Å²) in [6.07, 6.45) is 3.45. The zero-order valence-electron chi connectivity index (χ0n) is 10.5. The van der Waals surface area contributed by atoms with Gasteiger partial charge in [0.2, 0.25) is 0 Å². The maximum absolute atomic E-state index is 12.0. The Morgan fingerprint density at radius 2 is 2.21 bits per heavy atom. The smallest absolute Gasteiger partial charge is 0.408 e. The molecule has 19 heavy (non-hydrogen) atoms. The molecule has 0 aliphatic carbocycles. The van der Waals surface area contributed by atoms with Gasteiger partial charge in [-0.15, -0.1) is 0 Å². The Hall–Kier alpha value is -2.56. The summed E-state index contributed by atoms with van der Waals surface area (Å²) in [5.41, 5.74) is 3.19. The average Bonchev–Trinajstić information content (AvgIpc) is 2.76. The first kappa shape index (κ1) is 11.5. The molecule has 2 aromatic heterocycles. The van der Waals surface area contributed by atoms with Crippen molar-refractivity contribution in [1.29, 1.82) is 0 Å². The zero-order valence-corrected chi connectivity index (χ0v) is 10.5. The fourth-order valence-corrected chi connectivity index (χ4v) is 2.14. The van der Waals surface area contributed by atoms with Crippen LogP contribution in [0, 0.1) is 0 Å². The molecule has 0 aliphatic heterocycles. The summed E-state index contributed by atoms with van der Waals surface area (Å²) in [5.74, 6) is -0.360. The van der Waals surface area contributed by atoms with Crippen molar-refractivity contribution in [2.75, 3.05) is 12.4 Å². The molecule has 0 bridgehead atoms. The number of pyridine rings is 1. The molecule has 0 radical (unpaired) electrons. The van der Waals surface area contributed by atoms with E-state index in [2.05, 4.69) is 10.3 Å². The number of aromatic nitrogens is 2. The van der Waals surface area contributed by atoms with Gasteiger partial charge in [-0.05, 0) is 23.8 Å². The number of hydrogen-bond acceptors (Lipinski definition) is 4. The van der Waals surface area contributed by atoms with Crippen LogP contribution in [0.1, 0.15) is 5.56 Å². The van der Waals surface area contributed by atoms with E-state index < -0.39 is 0 Å². The van der Waals surface area contributed by atoms with Gasteiger partial charge in [0.15, 0.2) is 5.58 Å². The molecule has 0 atom stereocenters. The number of oxazole rings is 1. The van der Waals surface area contributed by atoms with Crippen LogP contribution in [0.5, 0.6) is 0 Å². The molecule has 2 heterocycles. The summed E-state index contributed by atoms with van der Waals surface area (Å²) in [6, 6.07) is 9.34. The molecule has 0 aliphatic rings. The Kier molecular flexibility index (Phi) is 2.79. The van der Waals surface area contributed by atoms with Gasteiger partial charge >= 0.3 is 5.76 Å². The van der Waals surface area contributed by atoms with Crippen molar-refractivity contribution < 1.29 is 4.42 Å². The second-order valence-electron chi connectivity index (χ2n) is 4.22. The van der Waals surface area contributed by atoms with E-state index in [4.69, 9.17) is 4.42 Å². The number of nitrogens with one attached hydrogen (secondary N) is 1. The van der Waals surface area contributed by atoms with Crippen molar-refractivity contribution in [3.05, 3.63) is 58.8 Å². The minimum Gasteiger partial charge on any atom is -0.408 e. The second kappa shape index (κ2) is 4.61. The monoisotopic (exact) mass is 255 g/mol. The van der Waals surface area contributed by atoms with E-state index in [9.17, 15) is 4.79 Å². The third kappa shape index (κ3) is 1.99. The summed E-state index contributed by atoms with van der Waals surface area (Å²) in [4.78, 5) is 16.0. The third-order valence-electron chi connectivity index (χ3n) is 3.02. The van der Waals surface area contributed by atoms with Crippen LogP contribution in [0.25, 0.3) is 11.1 Å². The second-order valence-corrected chi connectivity index (χ2v) is 4.22. The van der Waals surface area contributed by atoms with E-state index in [1.165, 1.54) is 0 Å².